The van der Waals surface area contributed by atoms with Gasteiger partial charge in [0.15, 0.2) is 0 Å². The summed E-state index contributed by atoms with van der Waals surface area (Å²) in [6.07, 6.45) is 6.44. The average Bonchev–Trinajstić information content (AvgIpc) is 3.54. The minimum Gasteiger partial charge on any atom is -0.456 e. The summed E-state index contributed by atoms with van der Waals surface area (Å²) in [5, 5.41) is 9.51. The van der Waals surface area contributed by atoms with Crippen LogP contribution in [0.4, 0.5) is 0 Å². The number of fused-ring (bicyclic) bond motifs is 7. The monoisotopic (exact) mass is 612 g/mol. The summed E-state index contributed by atoms with van der Waals surface area (Å²) in [4.78, 5) is 0. The number of allylic oxidation sites excluding steroid dienone is 1. The van der Waals surface area contributed by atoms with Gasteiger partial charge in [-0.1, -0.05) is 158 Å². The molecule has 0 atom stereocenters. The Hall–Kier alpha value is -6.18. The van der Waals surface area contributed by atoms with Crippen molar-refractivity contribution in [3.63, 3.8) is 0 Å². The molecular weight excluding hydrogens is 581 g/mol. The molecule has 226 valence electrons. The molecule has 0 fully saturated rings. The molecule has 1 nitrogen and oxygen atoms in total. The SMILES string of the molecule is C=Cc1c(/C=C\C)c(-c2ccccc2)c2ccccc2c1-c1c(-c2cccc3oc4ccc5ccccc5c4c23)ccc2ccccc12. The highest BCUT2D eigenvalue weighted by Crippen LogP contribution is 2.50. The Labute approximate surface area is 279 Å². The third kappa shape index (κ3) is 4.18. The van der Waals surface area contributed by atoms with Gasteiger partial charge >= 0.3 is 0 Å². The number of hydrogen-bond acceptors (Lipinski definition) is 1. The van der Waals surface area contributed by atoms with Crippen LogP contribution < -0.4 is 0 Å². The first-order valence-corrected chi connectivity index (χ1v) is 16.5. The predicted octanol–water partition coefficient (Wildman–Crippen LogP) is 13.7. The molecule has 48 heavy (non-hydrogen) atoms. The molecular formula is C47H32O. The van der Waals surface area contributed by atoms with Gasteiger partial charge < -0.3 is 4.42 Å². The smallest absolute Gasteiger partial charge is 0.136 e. The van der Waals surface area contributed by atoms with E-state index >= 15 is 0 Å². The summed E-state index contributed by atoms with van der Waals surface area (Å²) in [5.74, 6) is 0. The summed E-state index contributed by atoms with van der Waals surface area (Å²) in [5.41, 5.74) is 11.2. The van der Waals surface area contributed by atoms with E-state index in [-0.39, 0.29) is 0 Å². The lowest BCUT2D eigenvalue weighted by molar-refractivity contribution is 0.669. The Bertz CT molecular complexity index is 2740. The van der Waals surface area contributed by atoms with E-state index in [9.17, 15) is 0 Å². The van der Waals surface area contributed by atoms with E-state index in [1.165, 1.54) is 65.7 Å². The van der Waals surface area contributed by atoms with Gasteiger partial charge in [-0.2, -0.15) is 0 Å². The zero-order valence-electron chi connectivity index (χ0n) is 26.7. The first-order chi connectivity index (χ1) is 23.8. The van der Waals surface area contributed by atoms with Crippen LogP contribution in [0.2, 0.25) is 0 Å². The van der Waals surface area contributed by atoms with Crippen LogP contribution in [-0.4, -0.2) is 0 Å². The van der Waals surface area contributed by atoms with E-state index in [1.54, 1.807) is 0 Å². The Morgan fingerprint density at radius 3 is 1.83 bits per heavy atom. The van der Waals surface area contributed by atoms with E-state index in [1.807, 2.05) is 0 Å². The fourth-order valence-corrected chi connectivity index (χ4v) is 7.79. The summed E-state index contributed by atoms with van der Waals surface area (Å²) in [6.45, 7) is 6.54. The minimum absolute atomic E-state index is 0.890. The molecule has 1 heteroatoms. The molecule has 0 aliphatic heterocycles. The second-order valence-corrected chi connectivity index (χ2v) is 12.3. The second kappa shape index (κ2) is 11.3. The highest BCUT2D eigenvalue weighted by molar-refractivity contribution is 6.25. The van der Waals surface area contributed by atoms with Crippen molar-refractivity contribution in [3.8, 4) is 33.4 Å². The second-order valence-electron chi connectivity index (χ2n) is 12.3. The van der Waals surface area contributed by atoms with E-state index in [0.29, 0.717) is 0 Å². The van der Waals surface area contributed by atoms with Gasteiger partial charge in [0.05, 0.1) is 0 Å². The number of furan rings is 1. The molecule has 0 aliphatic carbocycles. The van der Waals surface area contributed by atoms with Crippen molar-refractivity contribution in [2.24, 2.45) is 0 Å². The van der Waals surface area contributed by atoms with Crippen LogP contribution in [0.5, 0.6) is 0 Å². The van der Waals surface area contributed by atoms with Gasteiger partial charge in [-0.15, -0.1) is 0 Å². The molecule has 9 rings (SSSR count). The van der Waals surface area contributed by atoms with Crippen LogP contribution in [0.25, 0.3) is 99.8 Å². The number of rotatable bonds is 5. The van der Waals surface area contributed by atoms with E-state index in [2.05, 4.69) is 177 Å². The lowest BCUT2D eigenvalue weighted by atomic mass is 9.79. The Kier molecular flexibility index (Phi) is 6.59. The van der Waals surface area contributed by atoms with Gasteiger partial charge in [-0.25, -0.2) is 0 Å². The molecule has 0 saturated heterocycles. The molecule has 0 aliphatic rings. The fourth-order valence-electron chi connectivity index (χ4n) is 7.79. The van der Waals surface area contributed by atoms with Gasteiger partial charge in [0.2, 0.25) is 0 Å². The van der Waals surface area contributed by atoms with Gasteiger partial charge in [-0.05, 0) is 95.9 Å². The molecule has 0 unspecified atom stereocenters. The van der Waals surface area contributed by atoms with Gasteiger partial charge in [0.1, 0.15) is 11.2 Å². The Morgan fingerprint density at radius 2 is 1.08 bits per heavy atom. The molecule has 8 aromatic carbocycles. The zero-order chi connectivity index (χ0) is 32.2. The highest BCUT2D eigenvalue weighted by Gasteiger charge is 2.24. The van der Waals surface area contributed by atoms with Gasteiger partial charge in [0.25, 0.3) is 0 Å². The lowest BCUT2D eigenvalue weighted by Crippen LogP contribution is -1.98. The largest absolute Gasteiger partial charge is 0.456 e. The minimum atomic E-state index is 0.890. The van der Waals surface area contributed by atoms with Crippen LogP contribution in [0.1, 0.15) is 18.1 Å². The van der Waals surface area contributed by atoms with Crippen molar-refractivity contribution in [3.05, 3.63) is 169 Å². The summed E-state index contributed by atoms with van der Waals surface area (Å²) < 4.78 is 6.56. The maximum atomic E-state index is 6.56. The van der Waals surface area contributed by atoms with E-state index < -0.39 is 0 Å². The van der Waals surface area contributed by atoms with E-state index in [0.717, 1.165) is 33.1 Å². The van der Waals surface area contributed by atoms with Gasteiger partial charge in [-0.3, -0.25) is 0 Å². The predicted molar refractivity (Wildman–Crippen MR) is 207 cm³/mol. The molecule has 1 aromatic heterocycles. The zero-order valence-corrected chi connectivity index (χ0v) is 26.7. The van der Waals surface area contributed by atoms with Crippen LogP contribution >= 0.6 is 0 Å². The molecule has 0 N–H and O–H groups in total. The van der Waals surface area contributed by atoms with Crippen molar-refractivity contribution in [1.82, 2.24) is 0 Å². The van der Waals surface area contributed by atoms with Gasteiger partial charge in [0, 0.05) is 10.8 Å². The van der Waals surface area contributed by atoms with Crippen molar-refractivity contribution in [1.29, 1.82) is 0 Å². The normalized spacial score (nSPS) is 11.9. The Morgan fingerprint density at radius 1 is 0.458 bits per heavy atom. The fraction of sp³-hybridized carbons (Fsp3) is 0.0213. The van der Waals surface area contributed by atoms with Crippen molar-refractivity contribution >= 4 is 66.4 Å². The third-order valence-corrected chi connectivity index (χ3v) is 9.75. The van der Waals surface area contributed by atoms with Crippen LogP contribution in [0.3, 0.4) is 0 Å². The molecule has 0 spiro atoms. The van der Waals surface area contributed by atoms with Crippen molar-refractivity contribution < 1.29 is 4.42 Å². The molecule has 9 aromatic rings. The summed E-state index contributed by atoms with van der Waals surface area (Å²) in [7, 11) is 0. The number of benzene rings is 8. The average molecular weight is 613 g/mol. The highest BCUT2D eigenvalue weighted by atomic mass is 16.3. The maximum Gasteiger partial charge on any atom is 0.136 e. The lowest BCUT2D eigenvalue weighted by Gasteiger charge is -2.23. The third-order valence-electron chi connectivity index (χ3n) is 9.75. The van der Waals surface area contributed by atoms with Crippen LogP contribution in [0, 0.1) is 0 Å². The van der Waals surface area contributed by atoms with Crippen molar-refractivity contribution in [2.75, 3.05) is 0 Å². The molecule has 1 heterocycles. The quantitative estimate of drug-likeness (QED) is 0.188. The van der Waals surface area contributed by atoms with E-state index in [4.69, 9.17) is 4.42 Å². The Balaban J connectivity index is 1.49. The van der Waals surface area contributed by atoms with Crippen LogP contribution in [-0.2, 0) is 0 Å². The van der Waals surface area contributed by atoms with Crippen LogP contribution in [0.15, 0.2) is 163 Å². The topological polar surface area (TPSA) is 13.1 Å². The molecule has 0 radical (unpaired) electrons. The first-order valence-electron chi connectivity index (χ1n) is 16.5. The van der Waals surface area contributed by atoms with Crippen molar-refractivity contribution in [2.45, 2.75) is 6.92 Å². The molecule has 0 bridgehead atoms. The maximum absolute atomic E-state index is 6.56. The summed E-state index contributed by atoms with van der Waals surface area (Å²) in [6, 6.07) is 52.2. The standard InChI is InChI=1S/C47H32O/c1-3-15-36-33(4-2)44(38-23-13-12-22-37(38)43(36)32-18-6-5-7-19-32)45-34-20-10-8-16-30(34)26-28-40(45)39-24-14-25-41-47(39)46-35-21-11-9-17-31(35)27-29-42(46)48-41/h3-29H,2H2,1H3/b15-3-. The number of hydrogen-bond donors (Lipinski definition) is 0. The molecule has 0 saturated carbocycles. The summed E-state index contributed by atoms with van der Waals surface area (Å²) >= 11 is 0. The first kappa shape index (κ1) is 28.1. The molecule has 0 amide bonds.